The first-order valence-corrected chi connectivity index (χ1v) is 13.0. The van der Waals surface area contributed by atoms with Gasteiger partial charge in [0.25, 0.3) is 0 Å². The van der Waals surface area contributed by atoms with E-state index in [4.69, 9.17) is 22.3 Å². The minimum Gasteiger partial charge on any atom is -0.504 e. The number of hydrogen-bond acceptors (Lipinski definition) is 8. The topological polar surface area (TPSA) is 117 Å². The lowest BCUT2D eigenvalue weighted by atomic mass is 10.0. The summed E-state index contributed by atoms with van der Waals surface area (Å²) in [6.07, 6.45) is 6.35. The number of pyridine rings is 3. The van der Waals surface area contributed by atoms with Crippen LogP contribution in [0, 0.1) is 5.82 Å². The summed E-state index contributed by atoms with van der Waals surface area (Å²) in [5.41, 5.74) is 9.51. The molecular weight excluding hydrogens is 507 g/mol. The molecule has 0 radical (unpaired) electrons. The van der Waals surface area contributed by atoms with E-state index < -0.39 is 11.6 Å². The molecule has 0 unspecified atom stereocenters. The normalized spacial score (nSPS) is 15.6. The molecule has 1 saturated heterocycles. The van der Waals surface area contributed by atoms with Crippen LogP contribution in [0.5, 0.6) is 5.75 Å². The summed E-state index contributed by atoms with van der Waals surface area (Å²) in [4.78, 5) is 29.0. The van der Waals surface area contributed by atoms with Crippen molar-refractivity contribution in [1.29, 1.82) is 0 Å². The Balaban J connectivity index is 1.56. The monoisotopic (exact) mass is 534 g/mol. The molecule has 0 bridgehead atoms. The van der Waals surface area contributed by atoms with Crippen LogP contribution in [0.25, 0.3) is 22.3 Å². The quantitative estimate of drug-likeness (QED) is 0.253. The molecule has 4 N–H and O–H groups in total. The second kappa shape index (κ2) is 10.9. The van der Waals surface area contributed by atoms with Crippen molar-refractivity contribution >= 4 is 45.6 Å². The number of Topliss-reactive ketones (excluding diaryl/α,β-unsaturated/α-hetero) is 1. The fraction of sp³-hybridized carbons (Fsp3) is 0.286. The highest BCUT2D eigenvalue weighted by molar-refractivity contribution is 6.32. The number of aromatic hydroxyl groups is 1. The standard InChI is InChI=1S/C28H28ClFN6O2/c1-2-4-24(37)19-14-32-23-8-7-22(16-11-20(29)28(38)21(30)12-16)35-27(23)26(19)34-18-6-9-25(33-13-18)36-10-3-5-17(31)15-36/h6-9,11-14,17,38H,2-5,10,15,31H2,1H3,(H,32,34)/t17-/m1/s1. The molecule has 4 heterocycles. The predicted octanol–water partition coefficient (Wildman–Crippen LogP) is 5.84. The first-order valence-electron chi connectivity index (χ1n) is 12.6. The average molecular weight is 535 g/mol. The summed E-state index contributed by atoms with van der Waals surface area (Å²) in [5, 5.41) is 12.9. The van der Waals surface area contributed by atoms with Gasteiger partial charge in [-0.25, -0.2) is 14.4 Å². The largest absolute Gasteiger partial charge is 0.504 e. The average Bonchev–Trinajstić information content (AvgIpc) is 2.92. The number of nitrogens with one attached hydrogen (secondary N) is 1. The number of phenols is 1. The SMILES string of the molecule is CCCC(=O)c1cnc2ccc(-c3cc(F)c(O)c(Cl)c3)nc2c1Nc1ccc(N2CCC[C@@H](N)C2)nc1. The van der Waals surface area contributed by atoms with Crippen molar-refractivity contribution < 1.29 is 14.3 Å². The lowest BCUT2D eigenvalue weighted by Crippen LogP contribution is -2.43. The fourth-order valence-electron chi connectivity index (χ4n) is 4.65. The number of nitrogens with two attached hydrogens (primary N) is 1. The lowest BCUT2D eigenvalue weighted by Gasteiger charge is -2.31. The van der Waals surface area contributed by atoms with E-state index >= 15 is 0 Å². The van der Waals surface area contributed by atoms with E-state index in [1.54, 1.807) is 24.5 Å². The van der Waals surface area contributed by atoms with Crippen molar-refractivity contribution in [3.63, 3.8) is 0 Å². The number of benzene rings is 1. The zero-order valence-corrected chi connectivity index (χ0v) is 21.7. The molecule has 4 aromatic rings. The highest BCUT2D eigenvalue weighted by atomic mass is 35.5. The maximum absolute atomic E-state index is 14.2. The smallest absolute Gasteiger partial charge is 0.170 e. The Labute approximate surface area is 224 Å². The van der Waals surface area contributed by atoms with Crippen LogP contribution in [-0.2, 0) is 0 Å². The Morgan fingerprint density at radius 2 is 2.08 bits per heavy atom. The molecule has 1 aromatic carbocycles. The van der Waals surface area contributed by atoms with Gasteiger partial charge in [-0.3, -0.25) is 9.78 Å². The van der Waals surface area contributed by atoms with Crippen molar-refractivity contribution in [2.45, 2.75) is 38.6 Å². The van der Waals surface area contributed by atoms with Gasteiger partial charge in [0.15, 0.2) is 17.3 Å². The molecular formula is C28H28ClFN6O2. The van der Waals surface area contributed by atoms with Crippen LogP contribution in [0.4, 0.5) is 21.6 Å². The van der Waals surface area contributed by atoms with Crippen molar-refractivity contribution in [3.05, 3.63) is 65.2 Å². The molecule has 38 heavy (non-hydrogen) atoms. The summed E-state index contributed by atoms with van der Waals surface area (Å²) in [6.45, 7) is 3.61. The van der Waals surface area contributed by atoms with Crippen LogP contribution < -0.4 is 16.0 Å². The number of nitrogens with zero attached hydrogens (tertiary/aromatic N) is 4. The number of rotatable bonds is 7. The molecule has 5 rings (SSSR count). The maximum Gasteiger partial charge on any atom is 0.170 e. The number of ketones is 1. The number of phenolic OH excluding ortho intramolecular Hbond substituents is 1. The van der Waals surface area contributed by atoms with E-state index in [2.05, 4.69) is 20.2 Å². The van der Waals surface area contributed by atoms with E-state index in [9.17, 15) is 14.3 Å². The molecule has 0 amide bonds. The van der Waals surface area contributed by atoms with Crippen molar-refractivity contribution in [2.75, 3.05) is 23.3 Å². The van der Waals surface area contributed by atoms with E-state index in [1.807, 2.05) is 19.1 Å². The van der Waals surface area contributed by atoms with Crippen LogP contribution in [0.15, 0.2) is 48.8 Å². The van der Waals surface area contributed by atoms with Gasteiger partial charge in [-0.15, -0.1) is 0 Å². The lowest BCUT2D eigenvalue weighted by molar-refractivity contribution is 0.0982. The van der Waals surface area contributed by atoms with Gasteiger partial charge >= 0.3 is 0 Å². The Morgan fingerprint density at radius 3 is 2.79 bits per heavy atom. The van der Waals surface area contributed by atoms with Crippen molar-refractivity contribution in [2.24, 2.45) is 5.73 Å². The van der Waals surface area contributed by atoms with E-state index in [0.717, 1.165) is 37.8 Å². The molecule has 0 saturated carbocycles. The summed E-state index contributed by atoms with van der Waals surface area (Å²) in [5.74, 6) is -0.685. The van der Waals surface area contributed by atoms with Gasteiger partial charge in [-0.1, -0.05) is 18.5 Å². The molecule has 1 aliphatic heterocycles. The molecule has 0 spiro atoms. The number of piperidine rings is 1. The van der Waals surface area contributed by atoms with Crippen LogP contribution in [0.2, 0.25) is 5.02 Å². The highest BCUT2D eigenvalue weighted by Crippen LogP contribution is 2.35. The zero-order valence-electron chi connectivity index (χ0n) is 20.9. The summed E-state index contributed by atoms with van der Waals surface area (Å²) < 4.78 is 14.2. The zero-order chi connectivity index (χ0) is 26.8. The number of aromatic nitrogens is 3. The highest BCUT2D eigenvalue weighted by Gasteiger charge is 2.20. The van der Waals surface area contributed by atoms with Gasteiger partial charge in [-0.2, -0.15) is 0 Å². The minimum absolute atomic E-state index is 0.0674. The molecule has 0 aliphatic carbocycles. The number of carbonyl (C=O) groups excluding carboxylic acids is 1. The first-order chi connectivity index (χ1) is 18.3. The van der Waals surface area contributed by atoms with E-state index in [0.29, 0.717) is 52.1 Å². The number of hydrogen-bond donors (Lipinski definition) is 3. The number of fused-ring (bicyclic) bond motifs is 1. The van der Waals surface area contributed by atoms with Gasteiger partial charge in [0.1, 0.15) is 11.3 Å². The molecule has 1 aliphatic rings. The van der Waals surface area contributed by atoms with Crippen molar-refractivity contribution in [3.8, 4) is 17.0 Å². The summed E-state index contributed by atoms with van der Waals surface area (Å²) in [7, 11) is 0. The molecule has 10 heteroatoms. The second-order valence-electron chi connectivity index (χ2n) is 9.45. The maximum atomic E-state index is 14.2. The van der Waals surface area contributed by atoms with Crippen LogP contribution in [0.3, 0.4) is 0 Å². The predicted molar refractivity (Wildman–Crippen MR) is 148 cm³/mol. The Morgan fingerprint density at radius 1 is 1.24 bits per heavy atom. The Hall–Kier alpha value is -3.82. The van der Waals surface area contributed by atoms with Crippen LogP contribution >= 0.6 is 11.6 Å². The van der Waals surface area contributed by atoms with Gasteiger partial charge < -0.3 is 21.1 Å². The van der Waals surface area contributed by atoms with E-state index in [1.165, 1.54) is 6.07 Å². The minimum atomic E-state index is -0.849. The third kappa shape index (κ3) is 5.25. The van der Waals surface area contributed by atoms with Gasteiger partial charge in [0.2, 0.25) is 0 Å². The molecule has 1 fully saturated rings. The third-order valence-electron chi connectivity index (χ3n) is 6.60. The van der Waals surface area contributed by atoms with E-state index in [-0.39, 0.29) is 16.8 Å². The number of halogens is 2. The van der Waals surface area contributed by atoms with Crippen LogP contribution in [0.1, 0.15) is 43.0 Å². The summed E-state index contributed by atoms with van der Waals surface area (Å²) in [6, 6.07) is 10.0. The number of carbonyl (C=O) groups is 1. The Bertz CT molecular complexity index is 1470. The third-order valence-corrected chi connectivity index (χ3v) is 6.89. The van der Waals surface area contributed by atoms with Gasteiger partial charge in [0.05, 0.1) is 39.4 Å². The van der Waals surface area contributed by atoms with Gasteiger partial charge in [-0.05, 0) is 55.7 Å². The second-order valence-corrected chi connectivity index (χ2v) is 9.86. The fourth-order valence-corrected chi connectivity index (χ4v) is 4.86. The first kappa shape index (κ1) is 25.8. The Kier molecular flexibility index (Phi) is 7.40. The van der Waals surface area contributed by atoms with Gasteiger partial charge in [0, 0.05) is 37.3 Å². The molecule has 3 aromatic heterocycles. The van der Waals surface area contributed by atoms with Crippen molar-refractivity contribution in [1.82, 2.24) is 15.0 Å². The molecule has 8 nitrogen and oxygen atoms in total. The molecule has 196 valence electrons. The summed E-state index contributed by atoms with van der Waals surface area (Å²) >= 11 is 6.00. The van der Waals surface area contributed by atoms with Crippen LogP contribution in [-0.4, -0.2) is 45.0 Å². The molecule has 1 atom stereocenters. The number of anilines is 3.